The summed E-state index contributed by atoms with van der Waals surface area (Å²) in [6, 6.07) is 7.80. The van der Waals surface area contributed by atoms with Crippen LogP contribution in [0.3, 0.4) is 0 Å². The average molecular weight is 288 g/mol. The van der Waals surface area contributed by atoms with Crippen LogP contribution in [0.4, 0.5) is 16.5 Å². The third-order valence-corrected chi connectivity index (χ3v) is 4.11. The molecular formula is C14H16N4OS. The van der Waals surface area contributed by atoms with Crippen LogP contribution < -0.4 is 15.5 Å². The van der Waals surface area contributed by atoms with E-state index in [4.69, 9.17) is 0 Å². The Labute approximate surface area is 121 Å². The molecule has 0 aliphatic carbocycles. The lowest BCUT2D eigenvalue weighted by molar-refractivity contribution is -0.115. The molecule has 0 radical (unpaired) electrons. The van der Waals surface area contributed by atoms with Crippen molar-refractivity contribution < 1.29 is 4.79 Å². The molecule has 0 bridgehead atoms. The summed E-state index contributed by atoms with van der Waals surface area (Å²) in [5.41, 5.74) is 1.84. The number of aromatic nitrogens is 1. The molecular weight excluding hydrogens is 272 g/mol. The second-order valence-electron chi connectivity index (χ2n) is 4.54. The van der Waals surface area contributed by atoms with E-state index < -0.39 is 0 Å². The topological polar surface area (TPSA) is 57.3 Å². The van der Waals surface area contributed by atoms with E-state index in [1.807, 2.05) is 35.4 Å². The summed E-state index contributed by atoms with van der Waals surface area (Å²) < 4.78 is 0. The minimum absolute atomic E-state index is 0.00728. The number of benzene rings is 1. The third-order valence-electron chi connectivity index (χ3n) is 3.09. The van der Waals surface area contributed by atoms with E-state index in [1.165, 1.54) is 4.88 Å². The quantitative estimate of drug-likeness (QED) is 0.906. The fourth-order valence-corrected chi connectivity index (χ4v) is 3.05. The zero-order chi connectivity index (χ0) is 13.9. The van der Waals surface area contributed by atoms with E-state index in [2.05, 4.69) is 22.5 Å². The Morgan fingerprint density at radius 1 is 1.45 bits per heavy atom. The molecule has 5 nitrogen and oxygen atoms in total. The number of carbonyl (C=O) groups is 1. The van der Waals surface area contributed by atoms with E-state index >= 15 is 0 Å². The molecule has 0 fully saturated rings. The van der Waals surface area contributed by atoms with Crippen LogP contribution in [0.5, 0.6) is 0 Å². The van der Waals surface area contributed by atoms with Crippen molar-refractivity contribution in [2.24, 2.45) is 0 Å². The molecule has 0 atom stereocenters. The maximum atomic E-state index is 11.8. The van der Waals surface area contributed by atoms with Crippen LogP contribution in [0.1, 0.15) is 11.8 Å². The first-order chi connectivity index (χ1) is 9.78. The zero-order valence-corrected chi connectivity index (χ0v) is 12.0. The van der Waals surface area contributed by atoms with Crippen LogP contribution >= 0.6 is 11.3 Å². The Morgan fingerprint density at radius 2 is 2.30 bits per heavy atom. The summed E-state index contributed by atoms with van der Waals surface area (Å²) in [6.07, 6.45) is 1.87. The minimum Gasteiger partial charge on any atom is -0.323 e. The van der Waals surface area contributed by atoms with Gasteiger partial charge in [0.25, 0.3) is 0 Å². The van der Waals surface area contributed by atoms with Crippen molar-refractivity contribution in [2.45, 2.75) is 13.5 Å². The number of thiazole rings is 1. The van der Waals surface area contributed by atoms with Crippen LogP contribution in [0.15, 0.2) is 30.5 Å². The van der Waals surface area contributed by atoms with E-state index in [0.29, 0.717) is 6.54 Å². The van der Waals surface area contributed by atoms with Gasteiger partial charge in [0.15, 0.2) is 5.13 Å². The zero-order valence-electron chi connectivity index (χ0n) is 11.2. The van der Waals surface area contributed by atoms with Crippen molar-refractivity contribution in [3.63, 3.8) is 0 Å². The number of carbonyl (C=O) groups excluding carboxylic acids is 1. The largest absolute Gasteiger partial charge is 0.323 e. The Kier molecular flexibility index (Phi) is 3.66. The van der Waals surface area contributed by atoms with E-state index in [9.17, 15) is 4.79 Å². The van der Waals surface area contributed by atoms with Gasteiger partial charge in [0.1, 0.15) is 6.54 Å². The van der Waals surface area contributed by atoms with Crippen molar-refractivity contribution in [3.05, 3.63) is 35.3 Å². The van der Waals surface area contributed by atoms with Gasteiger partial charge in [-0.1, -0.05) is 19.1 Å². The first-order valence-electron chi connectivity index (χ1n) is 6.59. The van der Waals surface area contributed by atoms with Crippen LogP contribution in [0.2, 0.25) is 0 Å². The number of hydrogen-bond acceptors (Lipinski definition) is 5. The number of amides is 1. The van der Waals surface area contributed by atoms with Crippen molar-refractivity contribution >= 4 is 33.8 Å². The summed E-state index contributed by atoms with van der Waals surface area (Å²) in [5, 5.41) is 7.03. The maximum absolute atomic E-state index is 11.8. The normalized spacial score (nSPS) is 14.1. The fourth-order valence-electron chi connectivity index (χ4n) is 2.16. The number of para-hydroxylation sites is 2. The number of anilines is 3. The summed E-state index contributed by atoms with van der Waals surface area (Å²) in [4.78, 5) is 19.4. The predicted octanol–water partition coefficient (Wildman–Crippen LogP) is 2.34. The van der Waals surface area contributed by atoms with Crippen molar-refractivity contribution in [1.82, 2.24) is 10.3 Å². The lowest BCUT2D eigenvalue weighted by atomic mass is 10.2. The fraction of sp³-hybridized carbons (Fsp3) is 0.286. The average Bonchev–Trinajstić information content (AvgIpc) is 2.93. The lowest BCUT2D eigenvalue weighted by Gasteiger charge is -2.28. The van der Waals surface area contributed by atoms with Gasteiger partial charge in [-0.05, 0) is 18.7 Å². The highest BCUT2D eigenvalue weighted by Crippen LogP contribution is 2.36. The molecule has 3 rings (SSSR count). The highest BCUT2D eigenvalue weighted by atomic mass is 32.1. The van der Waals surface area contributed by atoms with Gasteiger partial charge in [-0.2, -0.15) is 0 Å². The molecule has 2 aromatic rings. The van der Waals surface area contributed by atoms with Gasteiger partial charge < -0.3 is 15.5 Å². The second kappa shape index (κ2) is 5.60. The Morgan fingerprint density at radius 3 is 3.15 bits per heavy atom. The van der Waals surface area contributed by atoms with E-state index in [0.717, 1.165) is 29.6 Å². The van der Waals surface area contributed by atoms with Gasteiger partial charge in [-0.15, -0.1) is 11.3 Å². The van der Waals surface area contributed by atoms with Gasteiger partial charge in [-0.25, -0.2) is 4.98 Å². The minimum atomic E-state index is -0.00728. The van der Waals surface area contributed by atoms with Crippen LogP contribution in [0.25, 0.3) is 0 Å². The molecule has 1 aromatic heterocycles. The standard InChI is InChI=1S/C14H16N4OS/c1-2-15-7-10-8-16-14(20-10)18-9-13(19)17-11-5-3-4-6-12(11)18/h3-6,8,15H,2,7,9H2,1H3,(H,17,19). The molecule has 1 aliphatic heterocycles. The molecule has 20 heavy (non-hydrogen) atoms. The van der Waals surface area contributed by atoms with Crippen LogP contribution in [0, 0.1) is 0 Å². The highest BCUT2D eigenvalue weighted by molar-refractivity contribution is 7.15. The number of fused-ring (bicyclic) bond motifs is 1. The maximum Gasteiger partial charge on any atom is 0.244 e. The van der Waals surface area contributed by atoms with Gasteiger partial charge in [-0.3, -0.25) is 4.79 Å². The Balaban J connectivity index is 1.90. The van der Waals surface area contributed by atoms with Crippen molar-refractivity contribution in [3.8, 4) is 0 Å². The lowest BCUT2D eigenvalue weighted by Crippen LogP contribution is -2.34. The summed E-state index contributed by atoms with van der Waals surface area (Å²) in [5.74, 6) is -0.00728. The first-order valence-corrected chi connectivity index (χ1v) is 7.41. The van der Waals surface area contributed by atoms with E-state index in [1.54, 1.807) is 11.3 Å². The van der Waals surface area contributed by atoms with Crippen LogP contribution in [-0.4, -0.2) is 24.0 Å². The number of nitrogens with one attached hydrogen (secondary N) is 2. The predicted molar refractivity (Wildman–Crippen MR) is 81.6 cm³/mol. The van der Waals surface area contributed by atoms with E-state index in [-0.39, 0.29) is 5.91 Å². The molecule has 104 valence electrons. The summed E-state index contributed by atoms with van der Waals surface area (Å²) in [6.45, 7) is 4.14. The van der Waals surface area contributed by atoms with Gasteiger partial charge in [0, 0.05) is 17.6 Å². The van der Waals surface area contributed by atoms with Crippen LogP contribution in [-0.2, 0) is 11.3 Å². The number of nitrogens with zero attached hydrogens (tertiary/aromatic N) is 2. The monoisotopic (exact) mass is 288 g/mol. The molecule has 0 saturated heterocycles. The molecule has 0 unspecified atom stereocenters. The molecule has 0 spiro atoms. The van der Waals surface area contributed by atoms with Gasteiger partial charge in [0.2, 0.25) is 5.91 Å². The molecule has 1 aromatic carbocycles. The Hall–Kier alpha value is -1.92. The third kappa shape index (κ3) is 2.52. The van der Waals surface area contributed by atoms with Gasteiger partial charge >= 0.3 is 0 Å². The molecule has 1 amide bonds. The number of rotatable bonds is 4. The first kappa shape index (κ1) is 13.1. The smallest absolute Gasteiger partial charge is 0.244 e. The second-order valence-corrected chi connectivity index (χ2v) is 5.63. The molecule has 6 heteroatoms. The van der Waals surface area contributed by atoms with Crippen molar-refractivity contribution in [1.29, 1.82) is 0 Å². The summed E-state index contributed by atoms with van der Waals surface area (Å²) >= 11 is 1.62. The molecule has 0 saturated carbocycles. The van der Waals surface area contributed by atoms with Crippen molar-refractivity contribution in [2.75, 3.05) is 23.3 Å². The summed E-state index contributed by atoms with van der Waals surface area (Å²) in [7, 11) is 0. The molecule has 1 aliphatic rings. The molecule has 2 heterocycles. The van der Waals surface area contributed by atoms with Gasteiger partial charge in [0.05, 0.1) is 11.4 Å². The Bertz CT molecular complexity index is 625. The highest BCUT2D eigenvalue weighted by Gasteiger charge is 2.24. The SMILES string of the molecule is CCNCc1cnc(N2CC(=O)Nc3ccccc32)s1. The molecule has 2 N–H and O–H groups in total. The number of hydrogen-bond donors (Lipinski definition) is 2.